The Morgan fingerprint density at radius 3 is 2.04 bits per heavy atom. The highest BCUT2D eigenvalue weighted by molar-refractivity contribution is 6.05. The highest BCUT2D eigenvalue weighted by atomic mass is 16.3. The summed E-state index contributed by atoms with van der Waals surface area (Å²) in [6.07, 6.45) is 16.0. The molecule has 0 bridgehead atoms. The molecule has 0 radical (unpaired) electrons. The van der Waals surface area contributed by atoms with E-state index in [4.69, 9.17) is 4.99 Å². The zero-order valence-electron chi connectivity index (χ0n) is 16.7. The van der Waals surface area contributed by atoms with Gasteiger partial charge in [0.05, 0.1) is 18.7 Å². The Hall–Kier alpha value is -1.19. The Bertz CT molecular complexity index is 584. The third-order valence-corrected chi connectivity index (χ3v) is 6.85. The van der Waals surface area contributed by atoms with Crippen LogP contribution in [0.4, 0.5) is 0 Å². The van der Waals surface area contributed by atoms with Crippen LogP contribution in [0, 0.1) is 0 Å². The Morgan fingerprint density at radius 1 is 0.889 bits per heavy atom. The van der Waals surface area contributed by atoms with E-state index in [0.29, 0.717) is 6.04 Å². The predicted octanol–water partition coefficient (Wildman–Crippen LogP) is 4.77. The SMILES string of the molecule is OCC(Cc1ccccc1)N=C1CC1N(C1CCCCC1)C1CCCCC1. The molecule has 0 aromatic heterocycles. The van der Waals surface area contributed by atoms with Gasteiger partial charge < -0.3 is 5.11 Å². The quantitative estimate of drug-likeness (QED) is 0.752. The molecule has 4 rings (SSSR count). The second kappa shape index (κ2) is 9.34. The van der Waals surface area contributed by atoms with Crippen LogP contribution in [0.1, 0.15) is 76.2 Å². The number of nitrogens with zero attached hydrogens (tertiary/aromatic N) is 2. The minimum atomic E-state index is 0.0203. The molecule has 1 aromatic rings. The van der Waals surface area contributed by atoms with Gasteiger partial charge in [-0.1, -0.05) is 68.9 Å². The van der Waals surface area contributed by atoms with E-state index in [2.05, 4.69) is 29.2 Å². The van der Waals surface area contributed by atoms with Crippen molar-refractivity contribution in [1.29, 1.82) is 0 Å². The molecule has 2 unspecified atom stereocenters. The molecule has 0 saturated heterocycles. The molecule has 0 aliphatic heterocycles. The highest BCUT2D eigenvalue weighted by Crippen LogP contribution is 2.38. The number of aliphatic imine (C=N–C) groups is 1. The molecule has 0 amide bonds. The Balaban J connectivity index is 1.44. The predicted molar refractivity (Wildman–Crippen MR) is 112 cm³/mol. The topological polar surface area (TPSA) is 35.8 Å². The van der Waals surface area contributed by atoms with E-state index < -0.39 is 0 Å². The third kappa shape index (κ3) is 5.00. The van der Waals surface area contributed by atoms with E-state index in [9.17, 15) is 5.11 Å². The van der Waals surface area contributed by atoms with Crippen LogP contribution in [0.5, 0.6) is 0 Å². The average Bonchev–Trinajstić information content (AvgIpc) is 3.48. The van der Waals surface area contributed by atoms with Gasteiger partial charge in [0.25, 0.3) is 0 Å². The van der Waals surface area contributed by atoms with E-state index in [0.717, 1.165) is 24.9 Å². The van der Waals surface area contributed by atoms with Crippen LogP contribution in [0.3, 0.4) is 0 Å². The first-order valence-electron chi connectivity index (χ1n) is 11.3. The second-order valence-corrected chi connectivity index (χ2v) is 8.90. The molecule has 0 heterocycles. The van der Waals surface area contributed by atoms with Crippen molar-refractivity contribution in [2.24, 2.45) is 4.99 Å². The fraction of sp³-hybridized carbons (Fsp3) is 0.708. The molecule has 3 saturated carbocycles. The van der Waals surface area contributed by atoms with Crippen LogP contribution < -0.4 is 0 Å². The summed E-state index contributed by atoms with van der Waals surface area (Å²) < 4.78 is 0. The summed E-state index contributed by atoms with van der Waals surface area (Å²) in [5, 5.41) is 9.87. The molecule has 0 spiro atoms. The fourth-order valence-corrected chi connectivity index (χ4v) is 5.39. The molecular weight excluding hydrogens is 332 g/mol. The summed E-state index contributed by atoms with van der Waals surface area (Å²) >= 11 is 0. The molecule has 3 aliphatic rings. The van der Waals surface area contributed by atoms with Crippen molar-refractivity contribution in [1.82, 2.24) is 4.90 Å². The fourth-order valence-electron chi connectivity index (χ4n) is 5.39. The Labute approximate surface area is 164 Å². The summed E-state index contributed by atoms with van der Waals surface area (Å²) in [5.41, 5.74) is 2.63. The summed E-state index contributed by atoms with van der Waals surface area (Å²) in [6, 6.07) is 12.6. The monoisotopic (exact) mass is 368 g/mol. The van der Waals surface area contributed by atoms with Crippen molar-refractivity contribution in [3.05, 3.63) is 35.9 Å². The van der Waals surface area contributed by atoms with Gasteiger partial charge in [0.2, 0.25) is 0 Å². The van der Waals surface area contributed by atoms with Gasteiger partial charge in [-0.05, 0) is 37.7 Å². The number of aliphatic hydroxyl groups is 1. The number of aliphatic hydroxyl groups excluding tert-OH is 1. The van der Waals surface area contributed by atoms with Gasteiger partial charge in [0, 0.05) is 24.2 Å². The Kier molecular flexibility index (Phi) is 6.62. The van der Waals surface area contributed by atoms with Gasteiger partial charge in [-0.15, -0.1) is 0 Å². The molecular formula is C24H36N2O. The first-order valence-corrected chi connectivity index (χ1v) is 11.3. The molecule has 27 heavy (non-hydrogen) atoms. The molecule has 1 aromatic carbocycles. The van der Waals surface area contributed by atoms with E-state index in [1.807, 2.05) is 6.07 Å². The maximum Gasteiger partial charge on any atom is 0.0770 e. The van der Waals surface area contributed by atoms with Crippen molar-refractivity contribution in [3.8, 4) is 0 Å². The van der Waals surface area contributed by atoms with Crippen LogP contribution in [0.15, 0.2) is 35.3 Å². The molecule has 3 heteroatoms. The largest absolute Gasteiger partial charge is 0.394 e. The van der Waals surface area contributed by atoms with E-state index in [1.165, 1.54) is 75.5 Å². The zero-order valence-corrected chi connectivity index (χ0v) is 16.7. The maximum atomic E-state index is 9.87. The van der Waals surface area contributed by atoms with Crippen molar-refractivity contribution in [2.45, 2.75) is 101 Å². The second-order valence-electron chi connectivity index (χ2n) is 8.90. The first-order chi connectivity index (χ1) is 13.3. The minimum absolute atomic E-state index is 0.0203. The molecule has 3 fully saturated rings. The van der Waals surface area contributed by atoms with E-state index in [-0.39, 0.29) is 12.6 Å². The summed E-state index contributed by atoms with van der Waals surface area (Å²) in [6.45, 7) is 0.151. The number of benzene rings is 1. The van der Waals surface area contributed by atoms with Crippen molar-refractivity contribution in [2.75, 3.05) is 6.61 Å². The summed E-state index contributed by atoms with van der Waals surface area (Å²) in [5.74, 6) is 0. The lowest BCUT2D eigenvalue weighted by Gasteiger charge is -2.41. The van der Waals surface area contributed by atoms with Crippen molar-refractivity contribution in [3.63, 3.8) is 0 Å². The lowest BCUT2D eigenvalue weighted by molar-refractivity contribution is 0.0796. The van der Waals surface area contributed by atoms with Gasteiger partial charge in [-0.3, -0.25) is 9.89 Å². The van der Waals surface area contributed by atoms with E-state index >= 15 is 0 Å². The van der Waals surface area contributed by atoms with Gasteiger partial charge in [-0.25, -0.2) is 0 Å². The van der Waals surface area contributed by atoms with Gasteiger partial charge in [0.15, 0.2) is 0 Å². The number of rotatable bonds is 7. The molecule has 148 valence electrons. The minimum Gasteiger partial charge on any atom is -0.394 e. The normalized spacial score (nSPS) is 27.2. The molecule has 3 nitrogen and oxygen atoms in total. The smallest absolute Gasteiger partial charge is 0.0770 e. The van der Waals surface area contributed by atoms with E-state index in [1.54, 1.807) is 0 Å². The first kappa shape index (κ1) is 19.1. The third-order valence-electron chi connectivity index (χ3n) is 6.85. The van der Waals surface area contributed by atoms with Crippen LogP contribution in [0.25, 0.3) is 0 Å². The van der Waals surface area contributed by atoms with Crippen LogP contribution in [-0.4, -0.2) is 46.5 Å². The van der Waals surface area contributed by atoms with Crippen molar-refractivity contribution >= 4 is 5.71 Å². The van der Waals surface area contributed by atoms with Gasteiger partial charge in [-0.2, -0.15) is 0 Å². The Morgan fingerprint density at radius 2 is 1.48 bits per heavy atom. The molecule has 3 aliphatic carbocycles. The van der Waals surface area contributed by atoms with Crippen molar-refractivity contribution < 1.29 is 5.11 Å². The van der Waals surface area contributed by atoms with Crippen LogP contribution in [0.2, 0.25) is 0 Å². The van der Waals surface area contributed by atoms with Gasteiger partial charge in [0.1, 0.15) is 0 Å². The lowest BCUT2D eigenvalue weighted by atomic mass is 9.88. The molecule has 1 N–H and O–H groups in total. The maximum absolute atomic E-state index is 9.87. The lowest BCUT2D eigenvalue weighted by Crippen LogP contribution is -2.47. The zero-order chi connectivity index (χ0) is 18.5. The van der Waals surface area contributed by atoms with Crippen LogP contribution in [-0.2, 0) is 6.42 Å². The number of hydrogen-bond acceptors (Lipinski definition) is 3. The standard InChI is InChI=1S/C24H36N2O/c27-18-20(16-19-10-4-1-5-11-19)25-23-17-24(23)26(21-12-6-2-7-13-21)22-14-8-3-9-15-22/h1,4-5,10-11,20-22,24,27H,2-3,6-9,12-18H2. The highest BCUT2D eigenvalue weighted by Gasteiger charge is 2.44. The summed E-state index contributed by atoms with van der Waals surface area (Å²) in [4.78, 5) is 7.92. The number of hydrogen-bond donors (Lipinski definition) is 1. The average molecular weight is 369 g/mol. The van der Waals surface area contributed by atoms with Crippen LogP contribution >= 0.6 is 0 Å². The van der Waals surface area contributed by atoms with Gasteiger partial charge >= 0.3 is 0 Å². The summed E-state index contributed by atoms with van der Waals surface area (Å²) in [7, 11) is 0. The molecule has 2 atom stereocenters.